The van der Waals surface area contributed by atoms with Gasteiger partial charge in [0.25, 0.3) is 0 Å². The van der Waals surface area contributed by atoms with E-state index in [0.717, 1.165) is 32.4 Å². The minimum Gasteiger partial charge on any atom is -0.453 e. The number of carbonyl (C=O) groups excluding carboxylic acids is 1. The molecule has 0 aromatic rings. The van der Waals surface area contributed by atoms with Crippen molar-refractivity contribution in [2.24, 2.45) is 0 Å². The molecule has 5 heteroatoms. The lowest BCUT2D eigenvalue weighted by Gasteiger charge is -2.19. The zero-order valence-electron chi connectivity index (χ0n) is 10.1. The van der Waals surface area contributed by atoms with E-state index in [1.54, 1.807) is 4.90 Å². The van der Waals surface area contributed by atoms with Gasteiger partial charge in [0, 0.05) is 31.8 Å². The third-order valence-corrected chi connectivity index (χ3v) is 2.94. The number of hydrogen-bond donors (Lipinski definition) is 2. The summed E-state index contributed by atoms with van der Waals surface area (Å²) < 4.78 is 4.68. The molecule has 1 aliphatic rings. The predicted molar refractivity (Wildman–Crippen MR) is 61.3 cm³/mol. The van der Waals surface area contributed by atoms with Crippen molar-refractivity contribution in [2.45, 2.75) is 38.3 Å². The van der Waals surface area contributed by atoms with Gasteiger partial charge in [-0.1, -0.05) is 0 Å². The first-order valence-electron chi connectivity index (χ1n) is 5.87. The van der Waals surface area contributed by atoms with Gasteiger partial charge in [0.15, 0.2) is 0 Å². The van der Waals surface area contributed by atoms with Gasteiger partial charge in [-0.05, 0) is 26.2 Å². The van der Waals surface area contributed by atoms with E-state index < -0.39 is 0 Å². The number of amides is 1. The monoisotopic (exact) mass is 230 g/mol. The maximum Gasteiger partial charge on any atom is 0.409 e. The Labute approximate surface area is 96.8 Å². The van der Waals surface area contributed by atoms with Crippen molar-refractivity contribution in [1.29, 1.82) is 0 Å². The van der Waals surface area contributed by atoms with Gasteiger partial charge < -0.3 is 20.1 Å². The van der Waals surface area contributed by atoms with Crippen molar-refractivity contribution in [1.82, 2.24) is 10.2 Å². The van der Waals surface area contributed by atoms with E-state index in [1.807, 2.05) is 0 Å². The van der Waals surface area contributed by atoms with Crippen LogP contribution in [0.5, 0.6) is 0 Å². The molecule has 0 aromatic carbocycles. The average Bonchev–Trinajstić information content (AvgIpc) is 2.73. The van der Waals surface area contributed by atoms with Gasteiger partial charge in [0.2, 0.25) is 0 Å². The zero-order chi connectivity index (χ0) is 12.0. The van der Waals surface area contributed by atoms with Crippen LogP contribution in [0.4, 0.5) is 4.79 Å². The number of nitrogens with one attached hydrogen (secondary N) is 1. The molecule has 2 N–H and O–H groups in total. The van der Waals surface area contributed by atoms with E-state index in [1.165, 1.54) is 7.11 Å². The highest BCUT2D eigenvalue weighted by atomic mass is 16.5. The van der Waals surface area contributed by atoms with Crippen molar-refractivity contribution < 1.29 is 14.6 Å². The smallest absolute Gasteiger partial charge is 0.409 e. The molecule has 1 fully saturated rings. The zero-order valence-corrected chi connectivity index (χ0v) is 10.1. The minimum absolute atomic E-state index is 0.241. The van der Waals surface area contributed by atoms with Crippen LogP contribution in [0.1, 0.15) is 26.2 Å². The average molecular weight is 230 g/mol. The fraction of sp³-hybridized carbons (Fsp3) is 0.909. The molecule has 1 amide bonds. The number of nitrogens with zero attached hydrogens (tertiary/aromatic N) is 1. The topological polar surface area (TPSA) is 61.8 Å². The molecule has 1 heterocycles. The van der Waals surface area contributed by atoms with E-state index in [9.17, 15) is 4.79 Å². The van der Waals surface area contributed by atoms with E-state index >= 15 is 0 Å². The van der Waals surface area contributed by atoms with Gasteiger partial charge in [-0.15, -0.1) is 0 Å². The van der Waals surface area contributed by atoms with Gasteiger partial charge in [0.05, 0.1) is 7.11 Å². The Morgan fingerprint density at radius 3 is 3.06 bits per heavy atom. The van der Waals surface area contributed by atoms with Crippen molar-refractivity contribution >= 4 is 6.09 Å². The molecule has 5 nitrogen and oxygen atoms in total. The molecule has 0 spiro atoms. The quantitative estimate of drug-likeness (QED) is 0.725. The van der Waals surface area contributed by atoms with Crippen LogP contribution in [-0.2, 0) is 4.74 Å². The van der Waals surface area contributed by atoms with Gasteiger partial charge in [-0.3, -0.25) is 0 Å². The molecule has 94 valence electrons. The Kier molecular flexibility index (Phi) is 5.55. The van der Waals surface area contributed by atoms with Crippen LogP contribution in [0.25, 0.3) is 0 Å². The SMILES string of the molecule is COC(=O)N1CCC(NC(C)CCCO)C1. The summed E-state index contributed by atoms with van der Waals surface area (Å²) in [5, 5.41) is 12.2. The second-order valence-corrected chi connectivity index (χ2v) is 4.34. The highest BCUT2D eigenvalue weighted by Crippen LogP contribution is 2.11. The van der Waals surface area contributed by atoms with Gasteiger partial charge >= 0.3 is 6.09 Å². The summed E-state index contributed by atoms with van der Waals surface area (Å²) in [6, 6.07) is 0.738. The lowest BCUT2D eigenvalue weighted by molar-refractivity contribution is 0.132. The number of methoxy groups -OCH3 is 1. The Morgan fingerprint density at radius 2 is 2.44 bits per heavy atom. The first-order valence-corrected chi connectivity index (χ1v) is 5.87. The summed E-state index contributed by atoms with van der Waals surface area (Å²) in [5.41, 5.74) is 0. The van der Waals surface area contributed by atoms with Crippen LogP contribution in [0.2, 0.25) is 0 Å². The summed E-state index contributed by atoms with van der Waals surface area (Å²) >= 11 is 0. The maximum absolute atomic E-state index is 11.3. The number of hydrogen-bond acceptors (Lipinski definition) is 4. The summed E-state index contributed by atoms with van der Waals surface area (Å²) in [4.78, 5) is 13.0. The van der Waals surface area contributed by atoms with E-state index in [-0.39, 0.29) is 12.7 Å². The lowest BCUT2D eigenvalue weighted by Crippen LogP contribution is -2.39. The van der Waals surface area contributed by atoms with Crippen LogP contribution in [0.3, 0.4) is 0 Å². The molecule has 0 bridgehead atoms. The van der Waals surface area contributed by atoms with Crippen LogP contribution >= 0.6 is 0 Å². The summed E-state index contributed by atoms with van der Waals surface area (Å²) in [6.07, 6.45) is 2.51. The number of ether oxygens (including phenoxy) is 1. The van der Waals surface area contributed by atoms with Crippen LogP contribution < -0.4 is 5.32 Å². The fourth-order valence-electron chi connectivity index (χ4n) is 2.07. The normalized spacial score (nSPS) is 22.2. The van der Waals surface area contributed by atoms with Crippen molar-refractivity contribution in [3.63, 3.8) is 0 Å². The highest BCUT2D eigenvalue weighted by molar-refractivity contribution is 5.67. The summed E-state index contributed by atoms with van der Waals surface area (Å²) in [6.45, 7) is 3.83. The molecule has 1 saturated heterocycles. The predicted octanol–water partition coefficient (Wildman–Crippen LogP) is 0.578. The first-order chi connectivity index (χ1) is 7.67. The molecule has 1 aliphatic heterocycles. The van der Waals surface area contributed by atoms with Gasteiger partial charge in [-0.25, -0.2) is 4.79 Å². The Balaban J connectivity index is 2.23. The first kappa shape index (κ1) is 13.3. The number of aliphatic hydroxyl groups is 1. The second-order valence-electron chi connectivity index (χ2n) is 4.34. The third kappa shape index (κ3) is 3.98. The molecule has 2 unspecified atom stereocenters. The third-order valence-electron chi connectivity index (χ3n) is 2.94. The Bertz CT molecular complexity index is 223. The number of aliphatic hydroxyl groups excluding tert-OH is 1. The molecular formula is C11H22N2O3. The van der Waals surface area contributed by atoms with Gasteiger partial charge in [0.1, 0.15) is 0 Å². The van der Waals surface area contributed by atoms with E-state index in [2.05, 4.69) is 17.0 Å². The molecule has 0 aromatic heterocycles. The standard InChI is InChI=1S/C11H22N2O3/c1-9(4-3-7-14)12-10-5-6-13(8-10)11(15)16-2/h9-10,12,14H,3-8H2,1-2H3. The minimum atomic E-state index is -0.243. The Hall–Kier alpha value is -0.810. The number of rotatable bonds is 5. The van der Waals surface area contributed by atoms with Crippen LogP contribution in [0, 0.1) is 0 Å². The molecule has 16 heavy (non-hydrogen) atoms. The van der Waals surface area contributed by atoms with Crippen molar-refractivity contribution in [3.05, 3.63) is 0 Å². The molecule has 2 atom stereocenters. The number of likely N-dealkylation sites (tertiary alicyclic amines) is 1. The van der Waals surface area contributed by atoms with Crippen molar-refractivity contribution in [2.75, 3.05) is 26.8 Å². The van der Waals surface area contributed by atoms with Crippen LogP contribution in [0.15, 0.2) is 0 Å². The van der Waals surface area contributed by atoms with Crippen molar-refractivity contribution in [3.8, 4) is 0 Å². The van der Waals surface area contributed by atoms with Gasteiger partial charge in [-0.2, -0.15) is 0 Å². The fourth-order valence-corrected chi connectivity index (χ4v) is 2.07. The summed E-state index contributed by atoms with van der Waals surface area (Å²) in [5.74, 6) is 0. The largest absolute Gasteiger partial charge is 0.453 e. The molecule has 0 saturated carbocycles. The second kappa shape index (κ2) is 6.70. The van der Waals surface area contributed by atoms with Crippen LogP contribution in [-0.4, -0.2) is 55.0 Å². The Morgan fingerprint density at radius 1 is 1.69 bits per heavy atom. The lowest BCUT2D eigenvalue weighted by atomic mass is 10.1. The maximum atomic E-state index is 11.3. The molecule has 1 rings (SSSR count). The summed E-state index contributed by atoms with van der Waals surface area (Å²) in [7, 11) is 1.41. The molecular weight excluding hydrogens is 208 g/mol. The number of carbonyl (C=O) groups is 1. The highest BCUT2D eigenvalue weighted by Gasteiger charge is 2.27. The van der Waals surface area contributed by atoms with E-state index in [0.29, 0.717) is 12.1 Å². The van der Waals surface area contributed by atoms with E-state index in [4.69, 9.17) is 5.11 Å². The molecule has 0 aliphatic carbocycles. The molecule has 0 radical (unpaired) electrons.